The number of allylic oxidation sites excluding steroid dienone is 4. The van der Waals surface area contributed by atoms with Crippen LogP contribution in [0.5, 0.6) is 0 Å². The molecule has 0 bridgehead atoms. The van der Waals surface area contributed by atoms with E-state index < -0.39 is 0 Å². The van der Waals surface area contributed by atoms with Crippen LogP contribution in [0, 0.1) is 18.8 Å². The summed E-state index contributed by atoms with van der Waals surface area (Å²) in [6.45, 7) is 31.2. The van der Waals surface area contributed by atoms with Crippen molar-refractivity contribution in [1.82, 2.24) is 25.4 Å². The Hall–Kier alpha value is -5.90. The van der Waals surface area contributed by atoms with Crippen LogP contribution in [-0.2, 0) is 25.8 Å². The maximum absolute atomic E-state index is 5.16. The standard InChI is InChI=1S/C40H44N4S.C22H30N4/c1-5-36-34(32-18-17-30(23-27(32)3)24-29-15-13-26(2)14-16-29)19-20-39(42-36)44-22-21-31-9-8-10-33(35(31)25-44)28(4)41-40-43-37-11-6-7-12-38(37)45-40;1-4-9-25-10-12-26(13-11-25)22-15-19-7-6-18(14-21(19)24-22)20-8-5-16(2)23-17(20)3/h5-12,17-20,23,26,29,37-38H,1,4,13-16,21-22,24-25H2,2-3H3,(H,41,43);6-7,14,20,23H,2-5,8-13,15H2,1H3. The minimum atomic E-state index is 0.205. The number of fused-ring (bicyclic) bond motifs is 3. The highest BCUT2D eigenvalue weighted by Gasteiger charge is 2.30. The Morgan fingerprint density at radius 3 is 2.46 bits per heavy atom. The van der Waals surface area contributed by atoms with Crippen molar-refractivity contribution in [3.8, 4) is 11.1 Å². The van der Waals surface area contributed by atoms with Gasteiger partial charge in [0.2, 0.25) is 0 Å². The Balaban J connectivity index is 0.000000190. The van der Waals surface area contributed by atoms with Crippen molar-refractivity contribution in [3.63, 3.8) is 0 Å². The van der Waals surface area contributed by atoms with Crippen LogP contribution >= 0.6 is 11.8 Å². The molecule has 8 nitrogen and oxygen atoms in total. The largest absolute Gasteiger partial charge is 0.363 e. The average Bonchev–Trinajstić information content (AvgIpc) is 4.01. The topological polar surface area (TPSA) is 71.4 Å². The van der Waals surface area contributed by atoms with Crippen molar-refractivity contribution in [2.45, 2.75) is 109 Å². The van der Waals surface area contributed by atoms with Crippen molar-refractivity contribution in [2.75, 3.05) is 44.2 Å². The highest BCUT2D eigenvalue weighted by molar-refractivity contribution is 8.14. The van der Waals surface area contributed by atoms with Gasteiger partial charge in [0.15, 0.2) is 5.17 Å². The fraction of sp³-hybridized carbons (Fsp3) is 0.403. The van der Waals surface area contributed by atoms with Crippen molar-refractivity contribution >= 4 is 46.0 Å². The molecule has 1 saturated carbocycles. The first kappa shape index (κ1) is 48.7. The smallest absolute Gasteiger partial charge is 0.162 e. The molecule has 11 rings (SSSR count). The van der Waals surface area contributed by atoms with E-state index in [0.717, 1.165) is 127 Å². The molecule has 0 spiro atoms. The predicted octanol–water partition coefficient (Wildman–Crippen LogP) is 13.0. The first-order valence-corrected chi connectivity index (χ1v) is 27.4. The van der Waals surface area contributed by atoms with Gasteiger partial charge < -0.3 is 20.4 Å². The number of aryl methyl sites for hydroxylation is 1. The van der Waals surface area contributed by atoms with E-state index >= 15 is 0 Å². The van der Waals surface area contributed by atoms with Crippen LogP contribution in [0.2, 0.25) is 0 Å². The van der Waals surface area contributed by atoms with Crippen molar-refractivity contribution < 1.29 is 0 Å². The summed E-state index contributed by atoms with van der Waals surface area (Å²) in [7, 11) is 0. The van der Waals surface area contributed by atoms with Gasteiger partial charge in [0, 0.05) is 79.8 Å². The summed E-state index contributed by atoms with van der Waals surface area (Å²) in [5.74, 6) is 4.33. The van der Waals surface area contributed by atoms with E-state index in [1.165, 1.54) is 89.8 Å². The number of benzene rings is 3. The van der Waals surface area contributed by atoms with Gasteiger partial charge in [-0.2, -0.15) is 0 Å². The second kappa shape index (κ2) is 21.8. The number of piperidine rings is 1. The summed E-state index contributed by atoms with van der Waals surface area (Å²) in [5, 5.41) is 8.18. The van der Waals surface area contributed by atoms with Gasteiger partial charge in [0.25, 0.3) is 0 Å². The van der Waals surface area contributed by atoms with Gasteiger partial charge in [0.05, 0.1) is 22.7 Å². The lowest BCUT2D eigenvalue weighted by atomic mass is 9.80. The lowest BCUT2D eigenvalue weighted by Gasteiger charge is -2.35. The van der Waals surface area contributed by atoms with E-state index in [-0.39, 0.29) is 6.04 Å². The molecule has 4 aromatic rings. The quantitative estimate of drug-likeness (QED) is 0.164. The number of hydrogen-bond acceptors (Lipinski definition) is 9. The number of anilines is 1. The molecule has 3 unspecified atom stereocenters. The Morgan fingerprint density at radius 2 is 1.69 bits per heavy atom. The van der Waals surface area contributed by atoms with Gasteiger partial charge >= 0.3 is 0 Å². The number of rotatable bonds is 10. The summed E-state index contributed by atoms with van der Waals surface area (Å²) < 4.78 is 0. The zero-order chi connectivity index (χ0) is 49.0. The molecule has 2 aliphatic carbocycles. The summed E-state index contributed by atoms with van der Waals surface area (Å²) in [4.78, 5) is 22.5. The second-order valence-corrected chi connectivity index (χ2v) is 22.2. The third kappa shape index (κ3) is 11.1. The molecule has 9 heteroatoms. The molecular formula is C62H74N8S. The van der Waals surface area contributed by atoms with E-state index in [2.05, 4.69) is 163 Å². The van der Waals surface area contributed by atoms with E-state index in [4.69, 9.17) is 15.0 Å². The molecule has 7 aliphatic rings. The first-order chi connectivity index (χ1) is 34.6. The lowest BCUT2D eigenvalue weighted by Crippen LogP contribution is -2.48. The lowest BCUT2D eigenvalue weighted by molar-refractivity contribution is 0.181. The first-order valence-electron chi connectivity index (χ1n) is 26.5. The van der Waals surface area contributed by atoms with Crippen LogP contribution in [0.4, 0.5) is 11.5 Å². The molecule has 3 aromatic carbocycles. The number of amidine groups is 2. The molecule has 368 valence electrons. The highest BCUT2D eigenvalue weighted by Crippen LogP contribution is 2.39. The Morgan fingerprint density at radius 1 is 0.873 bits per heavy atom. The summed E-state index contributed by atoms with van der Waals surface area (Å²) in [6.07, 6.45) is 22.5. The normalized spacial score (nSPS) is 23.7. The zero-order valence-corrected chi connectivity index (χ0v) is 43.4. The van der Waals surface area contributed by atoms with Crippen LogP contribution in [0.1, 0.15) is 109 Å². The Bertz CT molecular complexity index is 2800. The van der Waals surface area contributed by atoms with Gasteiger partial charge in [-0.15, -0.1) is 0 Å². The molecule has 3 atom stereocenters. The third-order valence-corrected chi connectivity index (χ3v) is 17.1. The number of hydrogen-bond donors (Lipinski definition) is 2. The average molecular weight is 963 g/mol. The monoisotopic (exact) mass is 963 g/mol. The van der Waals surface area contributed by atoms with E-state index in [9.17, 15) is 0 Å². The number of nitrogens with zero attached hydrogens (tertiary/aromatic N) is 6. The van der Waals surface area contributed by atoms with Crippen LogP contribution in [0.3, 0.4) is 0 Å². The molecular weight excluding hydrogens is 889 g/mol. The highest BCUT2D eigenvalue weighted by atomic mass is 32.2. The van der Waals surface area contributed by atoms with Crippen molar-refractivity contribution in [3.05, 3.63) is 173 Å². The summed E-state index contributed by atoms with van der Waals surface area (Å²) in [6, 6.07) is 25.1. The Labute approximate surface area is 428 Å². The number of pyridine rings is 1. The molecule has 0 amide bonds. The molecule has 71 heavy (non-hydrogen) atoms. The SMILES string of the molecule is C=C1CCC(c2ccc3c(c2)N=C(N2CCN(CCC)CC2)C3)C(=C)N1.C=Cc1nc(N2CCc3cccc(C(=C)NC4=NC5C=CC=CC5S4)c3C2)ccc1-c1ccc(CC2CCC(C)CC2)cc1C. The van der Waals surface area contributed by atoms with E-state index in [0.29, 0.717) is 11.2 Å². The van der Waals surface area contributed by atoms with Gasteiger partial charge in [0.1, 0.15) is 11.7 Å². The van der Waals surface area contributed by atoms with E-state index in [1.807, 2.05) is 6.08 Å². The fourth-order valence-electron chi connectivity index (χ4n) is 11.8. The maximum Gasteiger partial charge on any atom is 0.162 e. The van der Waals surface area contributed by atoms with Crippen LogP contribution < -0.4 is 15.5 Å². The molecule has 0 radical (unpaired) electrons. The minimum Gasteiger partial charge on any atom is -0.363 e. The molecule has 1 aromatic heterocycles. The number of aromatic nitrogens is 1. The van der Waals surface area contributed by atoms with Gasteiger partial charge in [-0.25, -0.2) is 9.98 Å². The number of piperazine rings is 1. The summed E-state index contributed by atoms with van der Waals surface area (Å²) in [5.41, 5.74) is 16.9. The van der Waals surface area contributed by atoms with Gasteiger partial charge in [-0.1, -0.05) is 138 Å². The molecule has 6 heterocycles. The predicted molar refractivity (Wildman–Crippen MR) is 303 cm³/mol. The number of thioether (sulfide) groups is 1. The van der Waals surface area contributed by atoms with Crippen molar-refractivity contribution in [1.29, 1.82) is 0 Å². The third-order valence-electron chi connectivity index (χ3n) is 16.0. The molecule has 2 saturated heterocycles. The van der Waals surface area contributed by atoms with E-state index in [1.54, 1.807) is 11.8 Å². The number of nitrogens with one attached hydrogen (secondary N) is 2. The van der Waals surface area contributed by atoms with Gasteiger partial charge in [-0.05, 0) is 133 Å². The number of aliphatic imine (C=N–C) groups is 2. The summed E-state index contributed by atoms with van der Waals surface area (Å²) >= 11 is 1.78. The minimum absolute atomic E-state index is 0.205. The van der Waals surface area contributed by atoms with Crippen LogP contribution in [0.15, 0.2) is 139 Å². The zero-order valence-electron chi connectivity index (χ0n) is 42.6. The molecule has 2 N–H and O–H groups in total. The molecule has 5 aliphatic heterocycles. The second-order valence-electron chi connectivity index (χ2n) is 21.0. The maximum atomic E-state index is 5.16. The fourth-order valence-corrected chi connectivity index (χ4v) is 12.9. The van der Waals surface area contributed by atoms with Crippen molar-refractivity contribution in [2.24, 2.45) is 21.8 Å². The Kier molecular flexibility index (Phi) is 15.0. The van der Waals surface area contributed by atoms with Crippen LogP contribution in [-0.4, -0.2) is 76.3 Å². The van der Waals surface area contributed by atoms with Crippen LogP contribution in [0.25, 0.3) is 22.9 Å². The molecule has 3 fully saturated rings. The van der Waals surface area contributed by atoms with Gasteiger partial charge in [-0.3, -0.25) is 9.89 Å².